The number of hydrogen-bond acceptors (Lipinski definition) is 2. The van der Waals surface area contributed by atoms with Gasteiger partial charge in [0.2, 0.25) is 0 Å². The molecule has 0 saturated carbocycles. The van der Waals surface area contributed by atoms with E-state index in [-0.39, 0.29) is 10.6 Å². The number of H-pyrrole nitrogens is 1. The molecule has 0 radical (unpaired) electrons. The fraction of sp³-hybridized carbons (Fsp3) is 0.143. The van der Waals surface area contributed by atoms with E-state index >= 15 is 0 Å². The van der Waals surface area contributed by atoms with E-state index in [4.69, 9.17) is 11.6 Å². The lowest BCUT2D eigenvalue weighted by Gasteiger charge is -2.02. The summed E-state index contributed by atoms with van der Waals surface area (Å²) in [6, 6.07) is 7.13. The van der Waals surface area contributed by atoms with E-state index in [0.717, 1.165) is 27.4 Å². The quantitative estimate of drug-likeness (QED) is 0.525. The molecule has 5 heteroatoms. The molecule has 0 amide bonds. The Kier molecular flexibility index (Phi) is 2.50. The van der Waals surface area contributed by atoms with Gasteiger partial charge in [0, 0.05) is 32.9 Å². The monoisotopic (exact) mass is 274 g/mol. The Hall–Kier alpha value is -2.07. The van der Waals surface area contributed by atoms with Crippen molar-refractivity contribution in [3.8, 4) is 0 Å². The highest BCUT2D eigenvalue weighted by Gasteiger charge is 2.18. The Labute approximate surface area is 114 Å². The summed E-state index contributed by atoms with van der Waals surface area (Å²) in [5.74, 6) is 0. The number of aromatic amines is 1. The van der Waals surface area contributed by atoms with Crippen LogP contribution < -0.4 is 0 Å². The molecule has 3 rings (SSSR count). The maximum atomic E-state index is 11.1. The number of rotatable bonds is 1. The lowest BCUT2D eigenvalue weighted by molar-refractivity contribution is -0.385. The molecular weight excluding hydrogens is 264 g/mol. The average molecular weight is 275 g/mol. The van der Waals surface area contributed by atoms with Crippen LogP contribution in [0.5, 0.6) is 0 Å². The third-order valence-electron chi connectivity index (χ3n) is 3.46. The standard InChI is InChI=1S/C14H11ClN2O2/c1-7-5-12(17(18)19)8(2)13-10-4-3-9(15)6-11(10)16-14(7)13/h3-6,16H,1-2H3. The van der Waals surface area contributed by atoms with Gasteiger partial charge in [-0.1, -0.05) is 17.7 Å². The van der Waals surface area contributed by atoms with Gasteiger partial charge in [-0.2, -0.15) is 0 Å². The number of nitrogens with zero attached hydrogens (tertiary/aromatic N) is 1. The minimum Gasteiger partial charge on any atom is -0.354 e. The van der Waals surface area contributed by atoms with Crippen molar-refractivity contribution < 1.29 is 4.92 Å². The summed E-state index contributed by atoms with van der Waals surface area (Å²) >= 11 is 5.98. The molecule has 0 saturated heterocycles. The normalized spacial score (nSPS) is 11.3. The van der Waals surface area contributed by atoms with E-state index in [1.165, 1.54) is 0 Å². The number of aryl methyl sites for hydroxylation is 2. The first-order valence-corrected chi connectivity index (χ1v) is 6.22. The topological polar surface area (TPSA) is 58.9 Å². The van der Waals surface area contributed by atoms with Gasteiger partial charge in [-0.15, -0.1) is 0 Å². The molecule has 96 valence electrons. The van der Waals surface area contributed by atoms with Gasteiger partial charge in [0.1, 0.15) is 0 Å². The SMILES string of the molecule is Cc1cc([N+](=O)[O-])c(C)c2c1[nH]c1cc(Cl)ccc12. The third kappa shape index (κ3) is 1.68. The zero-order chi connectivity index (χ0) is 13.7. The summed E-state index contributed by atoms with van der Waals surface area (Å²) in [4.78, 5) is 14.1. The Morgan fingerprint density at radius 2 is 2.00 bits per heavy atom. The number of fused-ring (bicyclic) bond motifs is 3. The summed E-state index contributed by atoms with van der Waals surface area (Å²) < 4.78 is 0. The van der Waals surface area contributed by atoms with E-state index in [9.17, 15) is 10.1 Å². The molecule has 0 spiro atoms. The molecule has 1 N–H and O–H groups in total. The lowest BCUT2D eigenvalue weighted by atomic mass is 10.0. The molecular formula is C14H11ClN2O2. The van der Waals surface area contributed by atoms with Crippen LogP contribution >= 0.6 is 11.6 Å². The molecule has 0 unspecified atom stereocenters. The minimum absolute atomic E-state index is 0.154. The van der Waals surface area contributed by atoms with Crippen molar-refractivity contribution in [2.24, 2.45) is 0 Å². The Morgan fingerprint density at radius 3 is 2.68 bits per heavy atom. The number of nitrogens with one attached hydrogen (secondary N) is 1. The van der Waals surface area contributed by atoms with Crippen LogP contribution in [0.2, 0.25) is 5.02 Å². The van der Waals surface area contributed by atoms with Crippen molar-refractivity contribution in [1.29, 1.82) is 0 Å². The smallest absolute Gasteiger partial charge is 0.273 e. The largest absolute Gasteiger partial charge is 0.354 e. The van der Waals surface area contributed by atoms with Gasteiger partial charge in [-0.25, -0.2) is 0 Å². The van der Waals surface area contributed by atoms with Crippen molar-refractivity contribution >= 4 is 39.1 Å². The first-order valence-electron chi connectivity index (χ1n) is 5.84. The van der Waals surface area contributed by atoms with Gasteiger partial charge in [0.05, 0.1) is 10.4 Å². The molecule has 1 heterocycles. The molecule has 3 aromatic rings. The maximum absolute atomic E-state index is 11.1. The van der Waals surface area contributed by atoms with E-state index in [1.807, 2.05) is 19.1 Å². The Balaban J connectivity index is 2.55. The Bertz CT molecular complexity index is 836. The fourth-order valence-corrected chi connectivity index (χ4v) is 2.73. The number of nitro benzene ring substituents is 1. The summed E-state index contributed by atoms with van der Waals surface area (Å²) in [6.45, 7) is 3.65. The van der Waals surface area contributed by atoms with Crippen molar-refractivity contribution in [2.45, 2.75) is 13.8 Å². The minimum atomic E-state index is -0.337. The van der Waals surface area contributed by atoms with Crippen LogP contribution in [0.25, 0.3) is 21.8 Å². The summed E-state index contributed by atoms with van der Waals surface area (Å²) in [7, 11) is 0. The number of halogens is 1. The van der Waals surface area contributed by atoms with Gasteiger partial charge >= 0.3 is 0 Å². The second-order valence-electron chi connectivity index (χ2n) is 4.66. The lowest BCUT2D eigenvalue weighted by Crippen LogP contribution is -1.93. The Morgan fingerprint density at radius 1 is 1.26 bits per heavy atom. The molecule has 0 atom stereocenters. The van der Waals surface area contributed by atoms with Crippen LogP contribution in [0, 0.1) is 24.0 Å². The molecule has 19 heavy (non-hydrogen) atoms. The number of nitro groups is 1. The van der Waals surface area contributed by atoms with Crippen LogP contribution in [-0.4, -0.2) is 9.91 Å². The van der Waals surface area contributed by atoms with Crippen molar-refractivity contribution in [2.75, 3.05) is 0 Å². The highest BCUT2D eigenvalue weighted by molar-refractivity contribution is 6.31. The second-order valence-corrected chi connectivity index (χ2v) is 5.10. The third-order valence-corrected chi connectivity index (χ3v) is 3.70. The molecule has 0 fully saturated rings. The molecule has 0 bridgehead atoms. The molecule has 4 nitrogen and oxygen atoms in total. The van der Waals surface area contributed by atoms with Crippen molar-refractivity contribution in [3.05, 3.63) is 50.5 Å². The molecule has 0 aliphatic rings. The number of hydrogen-bond donors (Lipinski definition) is 1. The highest BCUT2D eigenvalue weighted by Crippen LogP contribution is 2.36. The van der Waals surface area contributed by atoms with Crippen LogP contribution in [0.1, 0.15) is 11.1 Å². The average Bonchev–Trinajstić information content (AvgIpc) is 2.72. The summed E-state index contributed by atoms with van der Waals surface area (Å²) in [5.41, 5.74) is 3.52. The van der Waals surface area contributed by atoms with Gasteiger partial charge in [0.15, 0.2) is 0 Å². The fourth-order valence-electron chi connectivity index (χ4n) is 2.56. The molecule has 0 aliphatic heterocycles. The molecule has 2 aromatic carbocycles. The van der Waals surface area contributed by atoms with Crippen LogP contribution in [0.15, 0.2) is 24.3 Å². The zero-order valence-electron chi connectivity index (χ0n) is 10.5. The zero-order valence-corrected chi connectivity index (χ0v) is 11.2. The summed E-state index contributed by atoms with van der Waals surface area (Å²) in [5, 5.41) is 13.6. The first-order chi connectivity index (χ1) is 8.99. The van der Waals surface area contributed by atoms with E-state index in [1.54, 1.807) is 19.1 Å². The number of benzene rings is 2. The first kappa shape index (κ1) is 12.0. The van der Waals surface area contributed by atoms with Crippen LogP contribution in [0.4, 0.5) is 5.69 Å². The van der Waals surface area contributed by atoms with Gasteiger partial charge in [-0.3, -0.25) is 10.1 Å². The van der Waals surface area contributed by atoms with Crippen molar-refractivity contribution in [1.82, 2.24) is 4.98 Å². The molecule has 0 aliphatic carbocycles. The van der Waals surface area contributed by atoms with Crippen molar-refractivity contribution in [3.63, 3.8) is 0 Å². The van der Waals surface area contributed by atoms with Gasteiger partial charge < -0.3 is 4.98 Å². The predicted octanol–water partition coefficient (Wildman–Crippen LogP) is 4.50. The van der Waals surface area contributed by atoms with Crippen LogP contribution in [0.3, 0.4) is 0 Å². The molecule has 1 aromatic heterocycles. The maximum Gasteiger partial charge on any atom is 0.273 e. The van der Waals surface area contributed by atoms with E-state index in [2.05, 4.69) is 4.98 Å². The van der Waals surface area contributed by atoms with Crippen LogP contribution in [-0.2, 0) is 0 Å². The van der Waals surface area contributed by atoms with Gasteiger partial charge in [-0.05, 0) is 31.5 Å². The number of aromatic nitrogens is 1. The van der Waals surface area contributed by atoms with E-state index in [0.29, 0.717) is 10.6 Å². The van der Waals surface area contributed by atoms with Gasteiger partial charge in [0.25, 0.3) is 5.69 Å². The van der Waals surface area contributed by atoms with E-state index < -0.39 is 0 Å². The summed E-state index contributed by atoms with van der Waals surface area (Å²) in [6.07, 6.45) is 0. The highest BCUT2D eigenvalue weighted by atomic mass is 35.5. The second kappa shape index (κ2) is 3.96. The predicted molar refractivity (Wildman–Crippen MR) is 76.9 cm³/mol.